The van der Waals surface area contributed by atoms with E-state index in [4.69, 9.17) is 5.11 Å². The number of carbonyl (C=O) groups is 2. The van der Waals surface area contributed by atoms with Crippen LogP contribution in [0.1, 0.15) is 23.2 Å². The number of aromatic nitrogens is 1. The maximum absolute atomic E-state index is 12.3. The Morgan fingerprint density at radius 3 is 2.84 bits per heavy atom. The number of piperidine rings is 1. The molecule has 1 saturated heterocycles. The minimum Gasteiger partial charge on any atom is -0.481 e. The highest BCUT2D eigenvalue weighted by Crippen LogP contribution is 2.17. The second-order valence-electron chi connectivity index (χ2n) is 4.77. The lowest BCUT2D eigenvalue weighted by Gasteiger charge is -2.30. The first-order chi connectivity index (χ1) is 9.00. The number of amides is 1. The molecule has 6 nitrogen and oxygen atoms in total. The van der Waals surface area contributed by atoms with E-state index < -0.39 is 11.9 Å². The maximum Gasteiger partial charge on any atom is 0.308 e. The van der Waals surface area contributed by atoms with Crippen molar-refractivity contribution < 1.29 is 14.7 Å². The maximum atomic E-state index is 12.3. The first-order valence-electron chi connectivity index (χ1n) is 6.18. The molecule has 1 aliphatic rings. The molecule has 0 aromatic carbocycles. The highest BCUT2D eigenvalue weighted by atomic mass is 16.4. The standard InChI is InChI=1S/C13H16N2O4/c1-14-6-3-5-10(11(14)16)12(17)15-7-2-4-9(8-15)13(18)19/h3,5-6,9H,2,4,7-8H2,1H3,(H,18,19). The monoisotopic (exact) mass is 264 g/mol. The molecule has 0 saturated carbocycles. The number of likely N-dealkylation sites (tertiary alicyclic amines) is 1. The van der Waals surface area contributed by atoms with Crippen molar-refractivity contribution in [2.24, 2.45) is 13.0 Å². The predicted octanol–water partition coefficient (Wildman–Crippen LogP) is 0.322. The number of carboxylic acids is 1. The van der Waals surface area contributed by atoms with Gasteiger partial charge in [0, 0.05) is 26.3 Å². The summed E-state index contributed by atoms with van der Waals surface area (Å²) in [6, 6.07) is 3.11. The minimum atomic E-state index is -0.890. The normalized spacial score (nSPS) is 19.2. The predicted molar refractivity (Wildman–Crippen MR) is 67.9 cm³/mol. The third-order valence-corrected chi connectivity index (χ3v) is 3.41. The number of carboxylic acid groups (broad SMARTS) is 1. The van der Waals surface area contributed by atoms with E-state index in [1.54, 1.807) is 19.3 Å². The molecule has 1 aliphatic heterocycles. The lowest BCUT2D eigenvalue weighted by atomic mass is 9.98. The van der Waals surface area contributed by atoms with Crippen molar-refractivity contribution in [1.82, 2.24) is 9.47 Å². The number of aliphatic carboxylic acids is 1. The van der Waals surface area contributed by atoms with Gasteiger partial charge in [-0.3, -0.25) is 14.4 Å². The minimum absolute atomic E-state index is 0.0936. The van der Waals surface area contributed by atoms with Gasteiger partial charge in [0.15, 0.2) is 0 Å². The zero-order valence-corrected chi connectivity index (χ0v) is 10.7. The molecular formula is C13H16N2O4. The van der Waals surface area contributed by atoms with Gasteiger partial charge in [-0.2, -0.15) is 0 Å². The van der Waals surface area contributed by atoms with E-state index in [1.165, 1.54) is 15.5 Å². The van der Waals surface area contributed by atoms with E-state index >= 15 is 0 Å². The quantitative estimate of drug-likeness (QED) is 0.834. The molecular weight excluding hydrogens is 248 g/mol. The highest BCUT2D eigenvalue weighted by Gasteiger charge is 2.29. The summed E-state index contributed by atoms with van der Waals surface area (Å²) in [6.45, 7) is 0.673. The van der Waals surface area contributed by atoms with E-state index in [0.29, 0.717) is 19.4 Å². The number of carbonyl (C=O) groups excluding carboxylic acids is 1. The second-order valence-corrected chi connectivity index (χ2v) is 4.77. The molecule has 102 valence electrons. The zero-order chi connectivity index (χ0) is 14.0. The van der Waals surface area contributed by atoms with Crippen LogP contribution in [0.5, 0.6) is 0 Å². The van der Waals surface area contributed by atoms with Crippen LogP contribution in [0, 0.1) is 5.92 Å². The van der Waals surface area contributed by atoms with Gasteiger partial charge in [-0.25, -0.2) is 0 Å². The van der Waals surface area contributed by atoms with E-state index in [2.05, 4.69) is 0 Å². The van der Waals surface area contributed by atoms with E-state index in [9.17, 15) is 14.4 Å². The Kier molecular flexibility index (Phi) is 3.69. The van der Waals surface area contributed by atoms with Gasteiger partial charge < -0.3 is 14.6 Å². The molecule has 1 fully saturated rings. The van der Waals surface area contributed by atoms with Crippen LogP contribution in [-0.2, 0) is 11.8 Å². The number of hydrogen-bond acceptors (Lipinski definition) is 3. The summed E-state index contributed by atoms with van der Waals surface area (Å²) >= 11 is 0. The van der Waals surface area contributed by atoms with Crippen molar-refractivity contribution in [2.45, 2.75) is 12.8 Å². The molecule has 1 aromatic heterocycles. The van der Waals surface area contributed by atoms with Gasteiger partial charge in [0.05, 0.1) is 5.92 Å². The summed E-state index contributed by atoms with van der Waals surface area (Å²) in [4.78, 5) is 36.6. The summed E-state index contributed by atoms with van der Waals surface area (Å²) in [5.74, 6) is -1.81. The van der Waals surface area contributed by atoms with E-state index in [0.717, 1.165) is 0 Å². The van der Waals surface area contributed by atoms with E-state index in [1.807, 2.05) is 0 Å². The molecule has 1 N–H and O–H groups in total. The van der Waals surface area contributed by atoms with Crippen molar-refractivity contribution >= 4 is 11.9 Å². The summed E-state index contributed by atoms with van der Waals surface area (Å²) in [5.41, 5.74) is -0.263. The number of aryl methyl sites for hydroxylation is 1. The molecule has 0 aliphatic carbocycles. The second kappa shape index (κ2) is 5.26. The average molecular weight is 264 g/mol. The molecule has 1 aromatic rings. The van der Waals surface area contributed by atoms with Crippen LogP contribution < -0.4 is 5.56 Å². The topological polar surface area (TPSA) is 79.6 Å². The van der Waals surface area contributed by atoms with Crippen molar-refractivity contribution in [3.05, 3.63) is 34.2 Å². The van der Waals surface area contributed by atoms with Gasteiger partial charge in [0.2, 0.25) is 0 Å². The third kappa shape index (κ3) is 2.67. The SMILES string of the molecule is Cn1cccc(C(=O)N2CCCC(C(=O)O)C2)c1=O. The smallest absolute Gasteiger partial charge is 0.308 e. The van der Waals surface area contributed by atoms with Crippen molar-refractivity contribution in [3.8, 4) is 0 Å². The Morgan fingerprint density at radius 2 is 2.16 bits per heavy atom. The number of hydrogen-bond donors (Lipinski definition) is 1. The van der Waals surface area contributed by atoms with Crippen LogP contribution in [0.25, 0.3) is 0 Å². The molecule has 0 bridgehead atoms. The fourth-order valence-corrected chi connectivity index (χ4v) is 2.29. The van der Waals surface area contributed by atoms with Crippen LogP contribution in [0.2, 0.25) is 0 Å². The first-order valence-corrected chi connectivity index (χ1v) is 6.18. The molecule has 0 radical (unpaired) electrons. The van der Waals surface area contributed by atoms with Gasteiger partial charge in [-0.15, -0.1) is 0 Å². The van der Waals surface area contributed by atoms with Crippen molar-refractivity contribution in [2.75, 3.05) is 13.1 Å². The van der Waals surface area contributed by atoms with Gasteiger partial charge in [-0.1, -0.05) is 0 Å². The fourth-order valence-electron chi connectivity index (χ4n) is 2.29. The third-order valence-electron chi connectivity index (χ3n) is 3.41. The van der Waals surface area contributed by atoms with Crippen LogP contribution >= 0.6 is 0 Å². The van der Waals surface area contributed by atoms with Crippen molar-refractivity contribution in [1.29, 1.82) is 0 Å². The molecule has 2 heterocycles. The Balaban J connectivity index is 2.22. The van der Waals surface area contributed by atoms with Crippen LogP contribution in [0.3, 0.4) is 0 Å². The zero-order valence-electron chi connectivity index (χ0n) is 10.7. The van der Waals surface area contributed by atoms with Gasteiger partial charge >= 0.3 is 5.97 Å². The molecule has 19 heavy (non-hydrogen) atoms. The average Bonchev–Trinajstić information content (AvgIpc) is 2.41. The number of nitrogens with zero attached hydrogens (tertiary/aromatic N) is 2. The highest BCUT2D eigenvalue weighted by molar-refractivity contribution is 5.94. The summed E-state index contributed by atoms with van der Waals surface area (Å²) in [6.07, 6.45) is 2.80. The lowest BCUT2D eigenvalue weighted by Crippen LogP contribution is -2.44. The van der Waals surface area contributed by atoms with Gasteiger partial charge in [0.25, 0.3) is 11.5 Å². The largest absolute Gasteiger partial charge is 0.481 e. The Morgan fingerprint density at radius 1 is 1.42 bits per heavy atom. The number of pyridine rings is 1. The number of rotatable bonds is 2. The van der Waals surface area contributed by atoms with Crippen molar-refractivity contribution in [3.63, 3.8) is 0 Å². The Labute approximate surface area is 110 Å². The van der Waals surface area contributed by atoms with Gasteiger partial charge in [-0.05, 0) is 25.0 Å². The van der Waals surface area contributed by atoms with Crippen LogP contribution in [0.15, 0.2) is 23.1 Å². The Bertz CT molecular complexity index is 564. The molecule has 2 rings (SSSR count). The van der Waals surface area contributed by atoms with E-state index in [-0.39, 0.29) is 23.6 Å². The summed E-state index contributed by atoms with van der Waals surface area (Å²) in [7, 11) is 1.58. The molecule has 1 atom stereocenters. The van der Waals surface area contributed by atoms with Crippen LogP contribution in [-0.4, -0.2) is 39.5 Å². The summed E-state index contributed by atoms with van der Waals surface area (Å²) < 4.78 is 1.34. The molecule has 1 unspecified atom stereocenters. The summed E-state index contributed by atoms with van der Waals surface area (Å²) in [5, 5.41) is 9.00. The van der Waals surface area contributed by atoms with Crippen LogP contribution in [0.4, 0.5) is 0 Å². The molecule has 0 spiro atoms. The molecule has 6 heteroatoms. The lowest BCUT2D eigenvalue weighted by molar-refractivity contribution is -0.143. The molecule has 1 amide bonds. The first kappa shape index (κ1) is 13.3. The fraction of sp³-hybridized carbons (Fsp3) is 0.462. The van der Waals surface area contributed by atoms with Gasteiger partial charge in [0.1, 0.15) is 5.56 Å². The Hall–Kier alpha value is -2.11.